The van der Waals surface area contributed by atoms with E-state index in [1.165, 1.54) is 44.9 Å². The highest BCUT2D eigenvalue weighted by atomic mass is 32.2. The quantitative estimate of drug-likeness (QED) is 0.223. The van der Waals surface area contributed by atoms with Crippen LogP contribution >= 0.6 is 11.8 Å². The number of nitrogens with one attached hydrogen (secondary N) is 1. The number of carbonyl (C=O) groups is 1. The van der Waals surface area contributed by atoms with Gasteiger partial charge in [0.1, 0.15) is 0 Å². The van der Waals surface area contributed by atoms with Crippen molar-refractivity contribution in [2.75, 3.05) is 5.75 Å². The smallest absolute Gasteiger partial charge is 0.335 e. The third-order valence-electron chi connectivity index (χ3n) is 5.20. The van der Waals surface area contributed by atoms with Gasteiger partial charge in [-0.15, -0.1) is 10.2 Å². The number of tetrazole rings is 1. The molecule has 0 bridgehead atoms. The number of aromatic nitrogens is 4. The summed E-state index contributed by atoms with van der Waals surface area (Å²) in [6.07, 6.45) is 20.7. The molecule has 6 nitrogen and oxygen atoms in total. The molecule has 0 radical (unpaired) electrons. The predicted molar refractivity (Wildman–Crippen MR) is 132 cm³/mol. The average molecular weight is 457 g/mol. The molecule has 1 atom stereocenters. The summed E-state index contributed by atoms with van der Waals surface area (Å²) in [6, 6.07) is 7.20. The first-order valence-corrected chi connectivity index (χ1v) is 12.7. The molecule has 32 heavy (non-hydrogen) atoms. The molecule has 1 unspecified atom stereocenters. The molecule has 1 aromatic heterocycles. The van der Waals surface area contributed by atoms with Crippen molar-refractivity contribution in [3.63, 3.8) is 0 Å². The molecule has 0 spiro atoms. The van der Waals surface area contributed by atoms with Crippen molar-refractivity contribution in [2.45, 2.75) is 76.4 Å². The van der Waals surface area contributed by atoms with Crippen LogP contribution in [-0.4, -0.2) is 42.7 Å². The number of benzene rings is 1. The second-order valence-electron chi connectivity index (χ2n) is 7.92. The van der Waals surface area contributed by atoms with E-state index in [-0.39, 0.29) is 5.25 Å². The molecule has 7 heteroatoms. The molecular formula is C25H36N4O2S. The lowest BCUT2D eigenvalue weighted by Gasteiger charge is -2.12. The van der Waals surface area contributed by atoms with E-state index >= 15 is 0 Å². The zero-order valence-corrected chi connectivity index (χ0v) is 19.9. The Hall–Kier alpha value is -2.41. The van der Waals surface area contributed by atoms with Gasteiger partial charge in [0.25, 0.3) is 0 Å². The summed E-state index contributed by atoms with van der Waals surface area (Å²) in [7, 11) is 0. The van der Waals surface area contributed by atoms with Gasteiger partial charge in [0.05, 0.1) is 5.56 Å². The van der Waals surface area contributed by atoms with Crippen molar-refractivity contribution in [2.24, 2.45) is 0 Å². The number of H-pyrrole nitrogens is 1. The molecule has 2 aromatic rings. The van der Waals surface area contributed by atoms with E-state index in [1.807, 2.05) is 23.9 Å². The summed E-state index contributed by atoms with van der Waals surface area (Å²) in [5.74, 6) is 0.689. The molecule has 1 aromatic carbocycles. The SMILES string of the molecule is CCCCCCCCCC=CC=CC(Cc1cccc(C(=O)O)c1)SCCc1nn[nH]n1. The Morgan fingerprint density at radius 2 is 1.97 bits per heavy atom. The molecule has 0 aliphatic carbocycles. The number of unbranched alkanes of at least 4 members (excludes halogenated alkanes) is 7. The highest BCUT2D eigenvalue weighted by molar-refractivity contribution is 8.00. The van der Waals surface area contributed by atoms with Gasteiger partial charge in [0, 0.05) is 17.4 Å². The minimum atomic E-state index is -0.892. The lowest BCUT2D eigenvalue weighted by atomic mass is 10.1. The third-order valence-corrected chi connectivity index (χ3v) is 6.40. The lowest BCUT2D eigenvalue weighted by Crippen LogP contribution is -2.07. The van der Waals surface area contributed by atoms with E-state index < -0.39 is 5.97 Å². The first-order chi connectivity index (χ1) is 15.7. The minimum absolute atomic E-state index is 0.245. The van der Waals surface area contributed by atoms with Crippen LogP contribution in [0.25, 0.3) is 0 Å². The standard InChI is InChI=1S/C25H36N4O2S/c1-2-3-4-5-6-7-8-9-10-11-12-16-23(32-18-17-24-26-28-29-27-24)20-21-14-13-15-22(19-21)25(30)31/h10-16,19,23H,2-9,17-18,20H2,1H3,(H,30,31)(H,26,27,28,29). The summed E-state index contributed by atoms with van der Waals surface area (Å²) in [5.41, 5.74) is 1.36. The Bertz CT molecular complexity index is 821. The minimum Gasteiger partial charge on any atom is -0.478 e. The van der Waals surface area contributed by atoms with Gasteiger partial charge in [-0.3, -0.25) is 0 Å². The Labute approximate surface area is 196 Å². The van der Waals surface area contributed by atoms with Crippen LogP contribution in [0.1, 0.15) is 80.0 Å². The van der Waals surface area contributed by atoms with Gasteiger partial charge in [0.2, 0.25) is 0 Å². The molecule has 1 heterocycles. The number of allylic oxidation sites excluding steroid dienone is 3. The van der Waals surface area contributed by atoms with E-state index in [2.05, 4.69) is 51.9 Å². The zero-order chi connectivity index (χ0) is 22.9. The molecule has 2 N–H and O–H groups in total. The van der Waals surface area contributed by atoms with Crippen molar-refractivity contribution in [1.82, 2.24) is 20.6 Å². The van der Waals surface area contributed by atoms with Gasteiger partial charge in [-0.25, -0.2) is 4.79 Å². The number of aromatic amines is 1. The summed E-state index contributed by atoms with van der Waals surface area (Å²) >= 11 is 1.82. The molecule has 0 saturated heterocycles. The van der Waals surface area contributed by atoms with Crippen LogP contribution < -0.4 is 0 Å². The largest absolute Gasteiger partial charge is 0.478 e. The number of carboxylic acid groups (broad SMARTS) is 1. The summed E-state index contributed by atoms with van der Waals surface area (Å²) in [6.45, 7) is 2.25. The molecule has 0 saturated carbocycles. The molecular weight excluding hydrogens is 420 g/mol. The zero-order valence-electron chi connectivity index (χ0n) is 19.1. The highest BCUT2D eigenvalue weighted by Crippen LogP contribution is 2.20. The van der Waals surface area contributed by atoms with E-state index in [0.29, 0.717) is 11.4 Å². The summed E-state index contributed by atoms with van der Waals surface area (Å²) in [4.78, 5) is 11.3. The van der Waals surface area contributed by atoms with Crippen LogP contribution in [0.5, 0.6) is 0 Å². The van der Waals surface area contributed by atoms with Gasteiger partial charge in [-0.05, 0) is 37.0 Å². The van der Waals surface area contributed by atoms with Crippen LogP contribution in [-0.2, 0) is 12.8 Å². The Kier molecular flexibility index (Phi) is 13.1. The molecule has 0 aliphatic rings. The number of nitrogens with zero attached hydrogens (tertiary/aromatic N) is 3. The van der Waals surface area contributed by atoms with Crippen LogP contribution in [0, 0.1) is 0 Å². The number of aryl methyl sites for hydroxylation is 1. The van der Waals surface area contributed by atoms with Crippen molar-refractivity contribution in [3.05, 3.63) is 65.5 Å². The summed E-state index contributed by atoms with van der Waals surface area (Å²) in [5, 5.41) is 23.6. The fourth-order valence-corrected chi connectivity index (χ4v) is 4.53. The maximum Gasteiger partial charge on any atom is 0.335 e. The van der Waals surface area contributed by atoms with Crippen molar-refractivity contribution in [1.29, 1.82) is 0 Å². The molecule has 0 aliphatic heterocycles. The molecule has 0 amide bonds. The predicted octanol–water partition coefficient (Wildman–Crippen LogP) is 6.04. The fraction of sp³-hybridized carbons (Fsp3) is 0.520. The number of thioether (sulfide) groups is 1. The Morgan fingerprint density at radius 1 is 1.16 bits per heavy atom. The van der Waals surface area contributed by atoms with Gasteiger partial charge in [0.15, 0.2) is 5.82 Å². The monoisotopic (exact) mass is 456 g/mol. The van der Waals surface area contributed by atoms with E-state index in [9.17, 15) is 9.90 Å². The molecule has 174 valence electrons. The van der Waals surface area contributed by atoms with E-state index in [4.69, 9.17) is 0 Å². The summed E-state index contributed by atoms with van der Waals surface area (Å²) < 4.78 is 0. The van der Waals surface area contributed by atoms with Crippen LogP contribution in [0.3, 0.4) is 0 Å². The van der Waals surface area contributed by atoms with Crippen LogP contribution in [0.4, 0.5) is 0 Å². The van der Waals surface area contributed by atoms with Crippen LogP contribution in [0.15, 0.2) is 48.6 Å². The van der Waals surface area contributed by atoms with E-state index in [0.717, 1.165) is 30.6 Å². The van der Waals surface area contributed by atoms with Gasteiger partial charge >= 0.3 is 5.97 Å². The van der Waals surface area contributed by atoms with Crippen LogP contribution in [0.2, 0.25) is 0 Å². The second-order valence-corrected chi connectivity index (χ2v) is 9.27. The lowest BCUT2D eigenvalue weighted by molar-refractivity contribution is 0.0696. The Morgan fingerprint density at radius 3 is 2.72 bits per heavy atom. The number of aromatic carboxylic acids is 1. The first-order valence-electron chi connectivity index (χ1n) is 11.7. The van der Waals surface area contributed by atoms with Gasteiger partial charge in [-0.2, -0.15) is 17.0 Å². The topological polar surface area (TPSA) is 91.8 Å². The van der Waals surface area contributed by atoms with Crippen molar-refractivity contribution in [3.8, 4) is 0 Å². The number of hydrogen-bond donors (Lipinski definition) is 2. The first kappa shape index (κ1) is 25.8. The molecule has 2 rings (SSSR count). The third kappa shape index (κ3) is 11.3. The number of rotatable bonds is 17. The van der Waals surface area contributed by atoms with E-state index in [1.54, 1.807) is 12.1 Å². The second kappa shape index (κ2) is 16.3. The van der Waals surface area contributed by atoms with Gasteiger partial charge < -0.3 is 5.11 Å². The number of hydrogen-bond acceptors (Lipinski definition) is 5. The average Bonchev–Trinajstić information content (AvgIpc) is 3.31. The van der Waals surface area contributed by atoms with Crippen molar-refractivity contribution < 1.29 is 9.90 Å². The Balaban J connectivity index is 1.80. The molecule has 0 fully saturated rings. The maximum absolute atomic E-state index is 11.3. The number of carboxylic acids is 1. The normalized spacial score (nSPS) is 12.7. The highest BCUT2D eigenvalue weighted by Gasteiger charge is 2.10. The van der Waals surface area contributed by atoms with Gasteiger partial charge in [-0.1, -0.05) is 87.1 Å². The van der Waals surface area contributed by atoms with Crippen molar-refractivity contribution >= 4 is 17.7 Å². The fourth-order valence-electron chi connectivity index (χ4n) is 3.42. The maximum atomic E-state index is 11.3.